The average molecular weight is 361 g/mol. The van der Waals surface area contributed by atoms with Crippen LogP contribution in [-0.4, -0.2) is 43.9 Å². The second-order valence-corrected chi connectivity index (χ2v) is 5.04. The van der Waals surface area contributed by atoms with Crippen molar-refractivity contribution in [2.75, 3.05) is 26.2 Å². The molecule has 2 rings (SSSR count). The van der Waals surface area contributed by atoms with Crippen molar-refractivity contribution in [2.24, 2.45) is 0 Å². The van der Waals surface area contributed by atoms with E-state index in [0.29, 0.717) is 26.2 Å². The van der Waals surface area contributed by atoms with Gasteiger partial charge in [0, 0.05) is 37.8 Å². The van der Waals surface area contributed by atoms with Crippen LogP contribution in [0, 0.1) is 0 Å². The summed E-state index contributed by atoms with van der Waals surface area (Å²) in [5, 5.41) is 3.06. The molecule has 9 heteroatoms. The summed E-state index contributed by atoms with van der Waals surface area (Å²) in [4.78, 5) is 1.65. The SMILES string of the molecule is Cl.FC(F)Oc1ccccc1[C@@H](CC(F)(F)F)N1CCNCC1. The van der Waals surface area contributed by atoms with Gasteiger partial charge in [0.2, 0.25) is 0 Å². The topological polar surface area (TPSA) is 24.5 Å². The number of para-hydroxylation sites is 1. The van der Waals surface area contributed by atoms with Gasteiger partial charge in [-0.3, -0.25) is 4.90 Å². The number of hydrogen-bond donors (Lipinski definition) is 1. The van der Waals surface area contributed by atoms with Crippen LogP contribution in [0.4, 0.5) is 22.0 Å². The highest BCUT2D eigenvalue weighted by molar-refractivity contribution is 5.85. The molecule has 1 N–H and O–H groups in total. The fraction of sp³-hybridized carbons (Fsp3) is 0.571. The number of ether oxygens (including phenoxy) is 1. The number of alkyl halides is 5. The molecular formula is C14H18ClF5N2O. The largest absolute Gasteiger partial charge is 0.434 e. The van der Waals surface area contributed by atoms with Gasteiger partial charge < -0.3 is 10.1 Å². The predicted octanol–water partition coefficient (Wildman–Crippen LogP) is 3.61. The van der Waals surface area contributed by atoms with Gasteiger partial charge in [-0.1, -0.05) is 18.2 Å². The van der Waals surface area contributed by atoms with Crippen LogP contribution in [0.2, 0.25) is 0 Å². The quantitative estimate of drug-likeness (QED) is 0.812. The van der Waals surface area contributed by atoms with Crippen LogP contribution in [-0.2, 0) is 0 Å². The molecule has 0 aromatic heterocycles. The van der Waals surface area contributed by atoms with Crippen LogP contribution in [0.25, 0.3) is 0 Å². The van der Waals surface area contributed by atoms with Crippen LogP contribution in [0.15, 0.2) is 24.3 Å². The number of piperazine rings is 1. The lowest BCUT2D eigenvalue weighted by Crippen LogP contribution is -2.46. The van der Waals surface area contributed by atoms with Crippen molar-refractivity contribution in [1.82, 2.24) is 10.2 Å². The molecule has 1 aliphatic heterocycles. The molecule has 1 aromatic rings. The summed E-state index contributed by atoms with van der Waals surface area (Å²) in [6.45, 7) is -1.11. The van der Waals surface area contributed by atoms with Crippen molar-refractivity contribution in [3.8, 4) is 5.75 Å². The first kappa shape index (κ1) is 19.9. The van der Waals surface area contributed by atoms with Crippen molar-refractivity contribution in [1.29, 1.82) is 0 Å². The van der Waals surface area contributed by atoms with E-state index in [4.69, 9.17) is 0 Å². The number of halogens is 6. The van der Waals surface area contributed by atoms with Crippen molar-refractivity contribution >= 4 is 12.4 Å². The highest BCUT2D eigenvalue weighted by atomic mass is 35.5. The molecule has 23 heavy (non-hydrogen) atoms. The fourth-order valence-electron chi connectivity index (χ4n) is 2.61. The maximum Gasteiger partial charge on any atom is 0.390 e. The van der Waals surface area contributed by atoms with E-state index in [-0.39, 0.29) is 23.7 Å². The van der Waals surface area contributed by atoms with Crippen molar-refractivity contribution in [3.05, 3.63) is 29.8 Å². The number of rotatable bonds is 5. The molecule has 0 aliphatic carbocycles. The summed E-state index contributed by atoms with van der Waals surface area (Å²) in [7, 11) is 0. The van der Waals surface area contributed by atoms with Crippen LogP contribution in [0.1, 0.15) is 18.0 Å². The lowest BCUT2D eigenvalue weighted by molar-refractivity contribution is -0.149. The summed E-state index contributed by atoms with van der Waals surface area (Å²) in [6.07, 6.45) is -5.50. The molecule has 1 heterocycles. The van der Waals surface area contributed by atoms with Crippen molar-refractivity contribution in [3.63, 3.8) is 0 Å². The molecule has 0 amide bonds. The van der Waals surface area contributed by atoms with Gasteiger partial charge in [-0.05, 0) is 6.07 Å². The number of nitrogens with one attached hydrogen (secondary N) is 1. The van der Waals surface area contributed by atoms with E-state index in [9.17, 15) is 22.0 Å². The number of hydrogen-bond acceptors (Lipinski definition) is 3. The highest BCUT2D eigenvalue weighted by Gasteiger charge is 2.37. The van der Waals surface area contributed by atoms with Crippen LogP contribution in [0.5, 0.6) is 5.75 Å². The van der Waals surface area contributed by atoms with E-state index < -0.39 is 25.3 Å². The van der Waals surface area contributed by atoms with Gasteiger partial charge in [0.05, 0.1) is 6.42 Å². The van der Waals surface area contributed by atoms with Gasteiger partial charge in [0.15, 0.2) is 0 Å². The standard InChI is InChI=1S/C14H17F5N2O.ClH/c15-13(16)22-12-4-2-1-3-10(12)11(9-14(17,18)19)21-7-5-20-6-8-21;/h1-4,11,13,20H,5-9H2;1H/t11-;/m1./s1. The van der Waals surface area contributed by atoms with Crippen molar-refractivity contribution < 1.29 is 26.7 Å². The smallest absolute Gasteiger partial charge is 0.390 e. The van der Waals surface area contributed by atoms with Crippen molar-refractivity contribution in [2.45, 2.75) is 25.3 Å². The number of nitrogens with zero attached hydrogens (tertiary/aromatic N) is 1. The molecular weight excluding hydrogens is 343 g/mol. The Balaban J connectivity index is 0.00000264. The fourth-order valence-corrected chi connectivity index (χ4v) is 2.61. The minimum atomic E-state index is -4.40. The molecule has 3 nitrogen and oxygen atoms in total. The van der Waals surface area contributed by atoms with E-state index in [0.717, 1.165) is 0 Å². The molecule has 0 bridgehead atoms. The third kappa shape index (κ3) is 6.12. The number of benzene rings is 1. The van der Waals surface area contributed by atoms with E-state index in [2.05, 4.69) is 10.1 Å². The zero-order valence-electron chi connectivity index (χ0n) is 12.2. The Morgan fingerprint density at radius 2 is 1.74 bits per heavy atom. The first-order valence-corrected chi connectivity index (χ1v) is 6.92. The van der Waals surface area contributed by atoms with Gasteiger partial charge in [-0.15, -0.1) is 12.4 Å². The van der Waals surface area contributed by atoms with Crippen LogP contribution >= 0.6 is 12.4 Å². The molecule has 0 saturated carbocycles. The van der Waals surface area contributed by atoms with Gasteiger partial charge in [-0.25, -0.2) is 0 Å². The Hall–Kier alpha value is -1.12. The molecule has 0 unspecified atom stereocenters. The molecule has 1 fully saturated rings. The minimum absolute atomic E-state index is 0. The van der Waals surface area contributed by atoms with Gasteiger partial charge in [0.1, 0.15) is 5.75 Å². The lowest BCUT2D eigenvalue weighted by Gasteiger charge is -2.36. The molecule has 132 valence electrons. The predicted molar refractivity (Wildman–Crippen MR) is 78.2 cm³/mol. The Morgan fingerprint density at radius 3 is 2.30 bits per heavy atom. The summed E-state index contributed by atoms with van der Waals surface area (Å²) >= 11 is 0. The molecule has 0 spiro atoms. The molecule has 1 aliphatic rings. The van der Waals surface area contributed by atoms with Crippen LogP contribution in [0.3, 0.4) is 0 Å². The first-order chi connectivity index (χ1) is 10.4. The van der Waals surface area contributed by atoms with Gasteiger partial charge in [0.25, 0.3) is 0 Å². The molecule has 1 atom stereocenters. The zero-order chi connectivity index (χ0) is 16.2. The maximum atomic E-state index is 12.9. The molecule has 0 radical (unpaired) electrons. The summed E-state index contributed by atoms with van der Waals surface area (Å²) in [5.74, 6) is -0.203. The van der Waals surface area contributed by atoms with E-state index >= 15 is 0 Å². The van der Waals surface area contributed by atoms with E-state index in [1.807, 2.05) is 0 Å². The second kappa shape index (κ2) is 8.65. The van der Waals surface area contributed by atoms with E-state index in [1.165, 1.54) is 24.3 Å². The summed E-state index contributed by atoms with van der Waals surface area (Å²) in [5.41, 5.74) is 0.141. The van der Waals surface area contributed by atoms with Gasteiger partial charge in [-0.2, -0.15) is 22.0 Å². The Kier molecular flexibility index (Phi) is 7.50. The minimum Gasteiger partial charge on any atom is -0.434 e. The Labute approximate surface area is 137 Å². The molecule has 1 saturated heterocycles. The zero-order valence-corrected chi connectivity index (χ0v) is 13.0. The first-order valence-electron chi connectivity index (χ1n) is 6.92. The average Bonchev–Trinajstić information content (AvgIpc) is 2.45. The maximum absolute atomic E-state index is 12.9. The third-order valence-corrected chi connectivity index (χ3v) is 3.51. The lowest BCUT2D eigenvalue weighted by atomic mass is 9.99. The summed E-state index contributed by atoms with van der Waals surface area (Å²) in [6, 6.07) is 4.64. The normalized spacial score (nSPS) is 17.7. The van der Waals surface area contributed by atoms with E-state index in [1.54, 1.807) is 4.90 Å². The van der Waals surface area contributed by atoms with Gasteiger partial charge >= 0.3 is 12.8 Å². The molecule has 1 aromatic carbocycles. The summed E-state index contributed by atoms with van der Waals surface area (Å²) < 4.78 is 68.1. The Morgan fingerprint density at radius 1 is 1.13 bits per heavy atom. The monoisotopic (exact) mass is 360 g/mol. The highest BCUT2D eigenvalue weighted by Crippen LogP contribution is 2.38. The third-order valence-electron chi connectivity index (χ3n) is 3.51. The Bertz CT molecular complexity index is 480. The second-order valence-electron chi connectivity index (χ2n) is 5.04. The van der Waals surface area contributed by atoms with Crippen LogP contribution < -0.4 is 10.1 Å².